The number of nitriles is 1. The summed E-state index contributed by atoms with van der Waals surface area (Å²) in [5.41, 5.74) is 5.70. The molecule has 2 bridgehead atoms. The molecule has 4 aliphatic rings. The Morgan fingerprint density at radius 3 is 2.49 bits per heavy atom. The maximum atomic E-state index is 13.5. The first-order chi connectivity index (χ1) is 24.6. The van der Waals surface area contributed by atoms with Crippen molar-refractivity contribution in [2.24, 2.45) is 0 Å². The number of phenols is 1. The van der Waals surface area contributed by atoms with Gasteiger partial charge in [-0.2, -0.15) is 5.26 Å². The molecule has 268 valence electrons. The maximum Gasteiger partial charge on any atom is 0.308 e. The third-order valence-electron chi connectivity index (χ3n) is 10.6. The molecular formula is C38H42N4O9. The average Bonchev–Trinajstić information content (AvgIpc) is 3.59. The first-order valence-corrected chi connectivity index (χ1v) is 17.0. The van der Waals surface area contributed by atoms with E-state index in [9.17, 15) is 20.0 Å². The number of likely N-dealkylation sites (N-methyl/N-ethyl adjacent to an activating group) is 1. The number of carbonyl (C=O) groups excluding carboxylic acids is 2. The average molecular weight is 699 g/mol. The molecule has 2 N–H and O–H groups in total. The number of methoxy groups -OCH3 is 2. The van der Waals surface area contributed by atoms with Crippen molar-refractivity contribution in [3.05, 3.63) is 69.3 Å². The van der Waals surface area contributed by atoms with Crippen molar-refractivity contribution in [1.29, 1.82) is 5.26 Å². The van der Waals surface area contributed by atoms with Crippen LogP contribution in [0.15, 0.2) is 30.3 Å². The Hall–Kier alpha value is -5.03. The van der Waals surface area contributed by atoms with E-state index in [1.807, 2.05) is 14.0 Å². The van der Waals surface area contributed by atoms with Crippen LogP contribution in [0, 0.1) is 25.2 Å². The molecule has 5 atom stereocenters. The van der Waals surface area contributed by atoms with Crippen molar-refractivity contribution in [1.82, 2.24) is 15.1 Å². The van der Waals surface area contributed by atoms with Crippen molar-refractivity contribution >= 4 is 11.9 Å². The number of piperazine rings is 1. The van der Waals surface area contributed by atoms with E-state index in [-0.39, 0.29) is 56.3 Å². The number of rotatable bonds is 9. The molecule has 1 saturated heterocycles. The Bertz CT molecular complexity index is 1920. The third-order valence-corrected chi connectivity index (χ3v) is 10.6. The molecule has 0 aromatic heterocycles. The SMILES string of the molecule is COCOc1c(OC)c(C)cc2c1[C@@H]1C3Cc4c(O)c(C)c5c(c4[C@H](CNC(=O)Cc4ccc(OC(C)=O)cc4)N3C(C#N)C(C2)N1C)OCO5. The molecule has 4 aliphatic heterocycles. The number of amides is 1. The highest BCUT2D eigenvalue weighted by Gasteiger charge is 2.56. The van der Waals surface area contributed by atoms with Gasteiger partial charge in [-0.15, -0.1) is 0 Å². The quantitative estimate of drug-likeness (QED) is 0.190. The largest absolute Gasteiger partial charge is 0.507 e. The van der Waals surface area contributed by atoms with E-state index < -0.39 is 18.1 Å². The van der Waals surface area contributed by atoms with Crippen molar-refractivity contribution in [3.8, 4) is 40.6 Å². The number of aryl methyl sites for hydroxylation is 1. The van der Waals surface area contributed by atoms with Gasteiger partial charge >= 0.3 is 5.97 Å². The maximum absolute atomic E-state index is 13.5. The normalized spacial score (nSPS) is 23.0. The Labute approximate surface area is 296 Å². The van der Waals surface area contributed by atoms with Gasteiger partial charge in [-0.1, -0.05) is 18.2 Å². The lowest BCUT2D eigenvalue weighted by atomic mass is 9.71. The van der Waals surface area contributed by atoms with Gasteiger partial charge in [0.1, 0.15) is 17.5 Å². The Morgan fingerprint density at radius 1 is 1.06 bits per heavy atom. The van der Waals surface area contributed by atoms with Gasteiger partial charge in [0.15, 0.2) is 29.8 Å². The number of hydrogen-bond donors (Lipinski definition) is 2. The number of carbonyl (C=O) groups is 2. The van der Waals surface area contributed by atoms with Crippen molar-refractivity contribution < 1.29 is 43.1 Å². The minimum Gasteiger partial charge on any atom is -0.507 e. The summed E-state index contributed by atoms with van der Waals surface area (Å²) in [6, 6.07) is 9.65. The van der Waals surface area contributed by atoms with Gasteiger partial charge < -0.3 is 38.8 Å². The molecule has 1 amide bonds. The van der Waals surface area contributed by atoms with E-state index >= 15 is 0 Å². The zero-order valence-electron chi connectivity index (χ0n) is 29.6. The lowest BCUT2D eigenvalue weighted by molar-refractivity contribution is -0.132. The van der Waals surface area contributed by atoms with Crippen LogP contribution in [0.1, 0.15) is 58.0 Å². The minimum absolute atomic E-state index is 0.000296. The van der Waals surface area contributed by atoms with Gasteiger partial charge in [0.25, 0.3) is 0 Å². The predicted molar refractivity (Wildman–Crippen MR) is 183 cm³/mol. The number of nitrogens with one attached hydrogen (secondary N) is 1. The molecule has 0 aliphatic carbocycles. The molecule has 13 nitrogen and oxygen atoms in total. The summed E-state index contributed by atoms with van der Waals surface area (Å²) < 4.78 is 34.5. The number of ether oxygens (including phenoxy) is 6. The molecular weight excluding hydrogens is 656 g/mol. The molecule has 3 aromatic rings. The van der Waals surface area contributed by atoms with Gasteiger partial charge in [0, 0.05) is 54.9 Å². The molecule has 3 aromatic carbocycles. The molecule has 0 spiro atoms. The van der Waals surface area contributed by atoms with E-state index in [1.54, 1.807) is 45.4 Å². The number of hydrogen-bond acceptors (Lipinski definition) is 12. The summed E-state index contributed by atoms with van der Waals surface area (Å²) in [7, 11) is 5.23. The summed E-state index contributed by atoms with van der Waals surface area (Å²) in [6.07, 6.45) is 1.07. The van der Waals surface area contributed by atoms with Gasteiger partial charge in [0.05, 0.1) is 31.7 Å². The van der Waals surface area contributed by atoms with Crippen molar-refractivity contribution in [2.75, 3.05) is 41.4 Å². The molecule has 1 fully saturated rings. The van der Waals surface area contributed by atoms with Gasteiger partial charge in [-0.25, -0.2) is 0 Å². The van der Waals surface area contributed by atoms with Crippen LogP contribution < -0.4 is 29.0 Å². The summed E-state index contributed by atoms with van der Waals surface area (Å²) in [5, 5.41) is 25.8. The number of esters is 1. The number of aromatic hydroxyl groups is 1. The van der Waals surface area contributed by atoms with Crippen LogP contribution in [0.2, 0.25) is 0 Å². The number of fused-ring (bicyclic) bond motifs is 9. The van der Waals surface area contributed by atoms with E-state index in [4.69, 9.17) is 28.4 Å². The molecule has 0 radical (unpaired) electrons. The fraction of sp³-hybridized carbons (Fsp3) is 0.447. The smallest absolute Gasteiger partial charge is 0.308 e. The summed E-state index contributed by atoms with van der Waals surface area (Å²) >= 11 is 0. The van der Waals surface area contributed by atoms with Crippen LogP contribution in [-0.4, -0.2) is 86.3 Å². The van der Waals surface area contributed by atoms with Crippen LogP contribution in [0.25, 0.3) is 0 Å². The van der Waals surface area contributed by atoms with E-state index in [1.165, 1.54) is 6.92 Å². The summed E-state index contributed by atoms with van der Waals surface area (Å²) in [5.74, 6) is 2.08. The van der Waals surface area contributed by atoms with Crippen molar-refractivity contribution in [2.45, 2.75) is 70.2 Å². The standard InChI is InChI=1S/C38H42N4O9/c1-19-11-23-13-26-28(15-39)42-27(33(41(26)4)31(23)37(35(19)47-6)48-17-46-5)14-25-32(38-36(49-18-50-38)20(2)34(25)45)29(42)16-40-30(44)12-22-7-9-24(10-8-22)51-21(3)43/h7-11,26-29,33,45H,12-14,16-18H2,1-6H3,(H,40,44)/t26?,27?,28?,29-,33-/m0/s1. The first kappa shape index (κ1) is 34.4. The predicted octanol–water partition coefficient (Wildman–Crippen LogP) is 3.78. The van der Waals surface area contributed by atoms with Crippen LogP contribution in [0.3, 0.4) is 0 Å². The topological polar surface area (TPSA) is 152 Å². The second-order valence-electron chi connectivity index (χ2n) is 13.5. The van der Waals surface area contributed by atoms with Gasteiger partial charge in [0.2, 0.25) is 12.7 Å². The Morgan fingerprint density at radius 2 is 1.80 bits per heavy atom. The fourth-order valence-electron chi connectivity index (χ4n) is 8.58. The number of nitrogens with zero attached hydrogens (tertiary/aromatic N) is 3. The zero-order valence-corrected chi connectivity index (χ0v) is 29.6. The molecule has 4 heterocycles. The van der Waals surface area contributed by atoms with Crippen molar-refractivity contribution in [3.63, 3.8) is 0 Å². The molecule has 3 unspecified atom stereocenters. The van der Waals surface area contributed by atoms with Gasteiger partial charge in [-0.05, 0) is 62.6 Å². The first-order valence-electron chi connectivity index (χ1n) is 17.0. The van der Waals surface area contributed by atoms with Crippen LogP contribution in [0.5, 0.6) is 34.5 Å². The second-order valence-corrected chi connectivity index (χ2v) is 13.5. The van der Waals surface area contributed by atoms with Crippen LogP contribution in [0.4, 0.5) is 0 Å². The Kier molecular flexibility index (Phi) is 9.18. The number of benzene rings is 3. The van der Waals surface area contributed by atoms with Crippen LogP contribution >= 0.6 is 0 Å². The summed E-state index contributed by atoms with van der Waals surface area (Å²) in [4.78, 5) is 29.3. The lowest BCUT2D eigenvalue weighted by Gasteiger charge is -2.60. The fourth-order valence-corrected chi connectivity index (χ4v) is 8.58. The van der Waals surface area contributed by atoms with E-state index in [2.05, 4.69) is 27.3 Å². The highest BCUT2D eigenvalue weighted by molar-refractivity contribution is 5.79. The monoisotopic (exact) mass is 698 g/mol. The Balaban J connectivity index is 1.31. The molecule has 51 heavy (non-hydrogen) atoms. The third kappa shape index (κ3) is 5.77. The zero-order chi connectivity index (χ0) is 36.1. The van der Waals surface area contributed by atoms with Gasteiger partial charge in [-0.3, -0.25) is 19.4 Å². The lowest BCUT2D eigenvalue weighted by Crippen LogP contribution is -2.68. The van der Waals surface area contributed by atoms with Crippen LogP contribution in [-0.2, 0) is 33.6 Å². The van der Waals surface area contributed by atoms with E-state index in [0.29, 0.717) is 58.3 Å². The molecule has 7 rings (SSSR count). The number of phenolic OH excluding ortho intramolecular Hbond substituents is 1. The molecule has 13 heteroatoms. The highest BCUT2D eigenvalue weighted by Crippen LogP contribution is 2.58. The minimum atomic E-state index is -0.569. The second kappa shape index (κ2) is 13.6. The summed E-state index contributed by atoms with van der Waals surface area (Å²) in [6.45, 7) is 5.28. The molecule has 0 saturated carbocycles. The highest BCUT2D eigenvalue weighted by atomic mass is 16.7. The van der Waals surface area contributed by atoms with E-state index in [0.717, 1.165) is 22.3 Å².